The Morgan fingerprint density at radius 3 is 2.46 bits per heavy atom. The molecule has 1 aliphatic heterocycles. The van der Waals surface area contributed by atoms with Gasteiger partial charge in [-0.1, -0.05) is 0 Å². The predicted octanol–water partition coefficient (Wildman–Crippen LogP) is 2.03. The van der Waals surface area contributed by atoms with E-state index < -0.39 is 18.2 Å². The molecule has 1 aliphatic rings. The maximum atomic E-state index is 13.0. The summed E-state index contributed by atoms with van der Waals surface area (Å²) < 4.78 is 16.5. The Morgan fingerprint density at radius 1 is 1.31 bits per heavy atom. The summed E-state index contributed by atoms with van der Waals surface area (Å²) in [5, 5.41) is 8.78. The van der Waals surface area contributed by atoms with Crippen molar-refractivity contribution in [2.45, 2.75) is 39.4 Å². The van der Waals surface area contributed by atoms with Crippen molar-refractivity contribution in [2.24, 2.45) is 0 Å². The summed E-state index contributed by atoms with van der Waals surface area (Å²) in [4.78, 5) is 25.5. The fourth-order valence-corrected chi connectivity index (χ4v) is 3.34. The first-order valence-corrected chi connectivity index (χ1v) is 8.55. The normalized spacial score (nSPS) is 19.3. The zero-order valence-electron chi connectivity index (χ0n) is 16.0. The van der Waals surface area contributed by atoms with Gasteiger partial charge < -0.3 is 24.2 Å². The van der Waals surface area contributed by atoms with Crippen molar-refractivity contribution in [1.82, 2.24) is 4.90 Å². The SMILES string of the molecule is COCC1CN(C(=O)c2cc(C)c(OCC(=O)O)c(C)c2)CC(C)(C)O1. The maximum Gasteiger partial charge on any atom is 0.341 e. The van der Waals surface area contributed by atoms with E-state index in [1.165, 1.54) is 0 Å². The lowest BCUT2D eigenvalue weighted by Crippen LogP contribution is -2.55. The van der Waals surface area contributed by atoms with Crippen molar-refractivity contribution in [3.63, 3.8) is 0 Å². The fourth-order valence-electron chi connectivity index (χ4n) is 3.34. The van der Waals surface area contributed by atoms with Crippen molar-refractivity contribution in [2.75, 3.05) is 33.4 Å². The Labute approximate surface area is 153 Å². The summed E-state index contributed by atoms with van der Waals surface area (Å²) in [6, 6.07) is 3.47. The molecule has 0 saturated carbocycles. The molecule has 1 atom stereocenters. The van der Waals surface area contributed by atoms with Crippen LogP contribution in [0.1, 0.15) is 35.3 Å². The van der Waals surface area contributed by atoms with Crippen molar-refractivity contribution < 1.29 is 28.9 Å². The minimum atomic E-state index is -1.04. The topological polar surface area (TPSA) is 85.3 Å². The average molecular weight is 365 g/mol. The molecule has 0 aliphatic carbocycles. The number of aryl methyl sites for hydroxylation is 2. The van der Waals surface area contributed by atoms with Gasteiger partial charge in [0.05, 0.1) is 18.3 Å². The minimum absolute atomic E-state index is 0.0848. The van der Waals surface area contributed by atoms with Crippen molar-refractivity contribution >= 4 is 11.9 Å². The second kappa shape index (κ2) is 8.05. The summed E-state index contributed by atoms with van der Waals surface area (Å²) in [5.74, 6) is -0.620. The van der Waals surface area contributed by atoms with Crippen LogP contribution in [0.5, 0.6) is 5.75 Å². The predicted molar refractivity (Wildman–Crippen MR) is 95.8 cm³/mol. The highest BCUT2D eigenvalue weighted by atomic mass is 16.5. The Bertz CT molecular complexity index is 662. The van der Waals surface area contributed by atoms with Crippen molar-refractivity contribution in [1.29, 1.82) is 0 Å². The second-order valence-corrected chi connectivity index (χ2v) is 7.26. The van der Waals surface area contributed by atoms with E-state index in [1.807, 2.05) is 13.8 Å². The van der Waals surface area contributed by atoms with Gasteiger partial charge in [-0.25, -0.2) is 4.79 Å². The smallest absolute Gasteiger partial charge is 0.341 e. The zero-order chi connectivity index (χ0) is 19.5. The molecule has 1 aromatic rings. The maximum absolute atomic E-state index is 13.0. The summed E-state index contributed by atoms with van der Waals surface area (Å²) >= 11 is 0. The number of carbonyl (C=O) groups is 2. The van der Waals surface area contributed by atoms with E-state index in [-0.39, 0.29) is 12.0 Å². The molecule has 7 heteroatoms. The van der Waals surface area contributed by atoms with Crippen LogP contribution in [0, 0.1) is 13.8 Å². The van der Waals surface area contributed by atoms with Gasteiger partial charge in [0.2, 0.25) is 0 Å². The van der Waals surface area contributed by atoms with Crippen LogP contribution in [0.3, 0.4) is 0 Å². The molecule has 1 aromatic carbocycles. The zero-order valence-corrected chi connectivity index (χ0v) is 16.0. The van der Waals surface area contributed by atoms with Crippen LogP contribution in [-0.2, 0) is 14.3 Å². The number of hydrogen-bond acceptors (Lipinski definition) is 5. The number of carboxylic acid groups (broad SMARTS) is 1. The van der Waals surface area contributed by atoms with Crippen LogP contribution in [0.2, 0.25) is 0 Å². The van der Waals surface area contributed by atoms with E-state index in [0.29, 0.717) is 31.0 Å². The molecular weight excluding hydrogens is 338 g/mol. The van der Waals surface area contributed by atoms with Crippen LogP contribution in [-0.4, -0.2) is 67.0 Å². The highest BCUT2D eigenvalue weighted by Gasteiger charge is 2.36. The summed E-state index contributed by atoms with van der Waals surface area (Å²) in [6.45, 7) is 8.48. The van der Waals surface area contributed by atoms with Gasteiger partial charge in [0.25, 0.3) is 5.91 Å². The lowest BCUT2D eigenvalue weighted by molar-refractivity contribution is -0.143. The van der Waals surface area contributed by atoms with E-state index in [0.717, 1.165) is 11.1 Å². The number of hydrogen-bond donors (Lipinski definition) is 1. The number of benzene rings is 1. The molecule has 0 radical (unpaired) electrons. The standard InChI is InChI=1S/C19H27NO6/c1-12-6-14(7-13(2)17(12)25-10-16(21)22)18(23)20-8-15(9-24-5)26-19(3,4)11-20/h6-7,15H,8-11H2,1-5H3,(H,21,22). The number of nitrogens with zero attached hydrogens (tertiary/aromatic N) is 1. The monoisotopic (exact) mass is 365 g/mol. The van der Waals surface area contributed by atoms with Gasteiger partial charge in [-0.05, 0) is 51.0 Å². The third-order valence-corrected chi connectivity index (χ3v) is 4.17. The molecule has 0 bridgehead atoms. The van der Waals surface area contributed by atoms with Crippen molar-refractivity contribution in [3.8, 4) is 5.75 Å². The van der Waals surface area contributed by atoms with Gasteiger partial charge in [0.1, 0.15) is 5.75 Å². The molecule has 1 saturated heterocycles. The quantitative estimate of drug-likeness (QED) is 0.830. The van der Waals surface area contributed by atoms with Gasteiger partial charge in [0.15, 0.2) is 6.61 Å². The second-order valence-electron chi connectivity index (χ2n) is 7.26. The molecule has 1 unspecified atom stereocenters. The number of amides is 1. The van der Waals surface area contributed by atoms with Gasteiger partial charge in [-0.15, -0.1) is 0 Å². The van der Waals surface area contributed by atoms with Crippen LogP contribution >= 0.6 is 0 Å². The van der Waals surface area contributed by atoms with Gasteiger partial charge in [-0.2, -0.15) is 0 Å². The van der Waals surface area contributed by atoms with Crippen LogP contribution in [0.15, 0.2) is 12.1 Å². The highest BCUT2D eigenvalue weighted by molar-refractivity contribution is 5.95. The summed E-state index contributed by atoms with van der Waals surface area (Å²) in [5.41, 5.74) is 1.56. The molecule has 0 spiro atoms. The molecule has 1 fully saturated rings. The number of aliphatic carboxylic acids is 1. The van der Waals surface area contributed by atoms with Gasteiger partial charge in [0, 0.05) is 25.8 Å². The molecule has 1 N–H and O–H groups in total. The molecular formula is C19H27NO6. The third kappa shape index (κ3) is 4.95. The van der Waals surface area contributed by atoms with Gasteiger partial charge in [-0.3, -0.25) is 4.79 Å². The number of ether oxygens (including phenoxy) is 3. The van der Waals surface area contributed by atoms with Crippen LogP contribution in [0.25, 0.3) is 0 Å². The average Bonchev–Trinajstić information content (AvgIpc) is 2.51. The molecule has 0 aromatic heterocycles. The molecule has 1 amide bonds. The first-order chi connectivity index (χ1) is 12.1. The fraction of sp³-hybridized carbons (Fsp3) is 0.579. The number of morpholine rings is 1. The van der Waals surface area contributed by atoms with Crippen molar-refractivity contribution in [3.05, 3.63) is 28.8 Å². The third-order valence-electron chi connectivity index (χ3n) is 4.17. The van der Waals surface area contributed by atoms with Crippen LogP contribution < -0.4 is 4.74 Å². The highest BCUT2D eigenvalue weighted by Crippen LogP contribution is 2.27. The molecule has 144 valence electrons. The Hall–Kier alpha value is -2.12. The lowest BCUT2D eigenvalue weighted by Gasteiger charge is -2.42. The van der Waals surface area contributed by atoms with E-state index in [1.54, 1.807) is 38.0 Å². The minimum Gasteiger partial charge on any atom is -0.481 e. The van der Waals surface area contributed by atoms with E-state index in [9.17, 15) is 9.59 Å². The number of rotatable bonds is 6. The first kappa shape index (κ1) is 20.2. The number of methoxy groups -OCH3 is 1. The van der Waals surface area contributed by atoms with Gasteiger partial charge >= 0.3 is 5.97 Å². The Morgan fingerprint density at radius 2 is 1.92 bits per heavy atom. The van der Waals surface area contributed by atoms with E-state index in [4.69, 9.17) is 19.3 Å². The molecule has 26 heavy (non-hydrogen) atoms. The molecule has 2 rings (SSSR count). The summed E-state index contributed by atoms with van der Waals surface area (Å²) in [7, 11) is 1.61. The van der Waals surface area contributed by atoms with E-state index >= 15 is 0 Å². The number of carbonyl (C=O) groups excluding carboxylic acids is 1. The Balaban J connectivity index is 2.21. The first-order valence-electron chi connectivity index (χ1n) is 8.55. The van der Waals surface area contributed by atoms with E-state index in [2.05, 4.69) is 0 Å². The van der Waals surface area contributed by atoms with Crippen LogP contribution in [0.4, 0.5) is 0 Å². The largest absolute Gasteiger partial charge is 0.481 e. The Kier molecular flexibility index (Phi) is 6.26. The molecule has 7 nitrogen and oxygen atoms in total. The molecule has 1 heterocycles. The lowest BCUT2D eigenvalue weighted by atomic mass is 10.0. The number of carboxylic acids is 1. The summed E-state index contributed by atoms with van der Waals surface area (Å²) in [6.07, 6.45) is -0.173.